The first-order valence-electron chi connectivity index (χ1n) is 4.22. The molecule has 0 radical (unpaired) electrons. The summed E-state index contributed by atoms with van der Waals surface area (Å²) >= 11 is 0. The highest BCUT2D eigenvalue weighted by atomic mass is 16.4. The Morgan fingerprint density at radius 3 is 2.29 bits per heavy atom. The Kier molecular flexibility index (Phi) is 4.89. The molecular formula is C7H16N4O3. The molecular weight excluding hydrogens is 188 g/mol. The zero-order valence-corrected chi connectivity index (χ0v) is 7.82. The van der Waals surface area contributed by atoms with Crippen LogP contribution < -0.4 is 22.5 Å². The van der Waals surface area contributed by atoms with Crippen LogP contribution in [0, 0.1) is 0 Å². The highest BCUT2D eigenvalue weighted by molar-refractivity contribution is 5.84. The van der Waals surface area contributed by atoms with Crippen molar-refractivity contribution in [3.8, 4) is 0 Å². The fourth-order valence-corrected chi connectivity index (χ4v) is 0.991. The Bertz CT molecular complexity index is 221. The normalized spacial score (nSPS) is 14.4. The number of carbonyl (C=O) groups is 2. The van der Waals surface area contributed by atoms with Crippen molar-refractivity contribution in [2.24, 2.45) is 17.2 Å². The van der Waals surface area contributed by atoms with Crippen molar-refractivity contribution < 1.29 is 14.7 Å². The highest BCUT2D eigenvalue weighted by Crippen LogP contribution is 2.08. The molecule has 0 aromatic rings. The number of hydrogen-bond donors (Lipinski definition) is 5. The first-order valence-corrected chi connectivity index (χ1v) is 4.22. The first-order chi connectivity index (χ1) is 6.42. The molecule has 0 aliphatic rings. The van der Waals surface area contributed by atoms with Gasteiger partial charge < -0.3 is 21.9 Å². The van der Waals surface area contributed by atoms with E-state index in [2.05, 4.69) is 0 Å². The molecule has 0 fully saturated rings. The zero-order valence-electron chi connectivity index (χ0n) is 7.82. The lowest BCUT2D eigenvalue weighted by Gasteiger charge is -2.24. The molecule has 7 nitrogen and oxygen atoms in total. The Balaban J connectivity index is 4.24. The average molecular weight is 204 g/mol. The van der Waals surface area contributed by atoms with Gasteiger partial charge in [0.2, 0.25) is 0 Å². The van der Waals surface area contributed by atoms with Gasteiger partial charge in [0.1, 0.15) is 0 Å². The summed E-state index contributed by atoms with van der Waals surface area (Å²) in [6, 6.07) is -0.956. The largest absolute Gasteiger partial charge is 0.478 e. The van der Waals surface area contributed by atoms with Gasteiger partial charge >= 0.3 is 12.0 Å². The summed E-state index contributed by atoms with van der Waals surface area (Å²) < 4.78 is 0. The van der Waals surface area contributed by atoms with Gasteiger partial charge in [0.05, 0.1) is 0 Å². The van der Waals surface area contributed by atoms with Gasteiger partial charge in [-0.2, -0.15) is 0 Å². The van der Waals surface area contributed by atoms with Crippen LogP contribution >= 0.6 is 0 Å². The number of carboxylic acids is 1. The van der Waals surface area contributed by atoms with Crippen LogP contribution in [-0.2, 0) is 4.79 Å². The fourth-order valence-electron chi connectivity index (χ4n) is 0.991. The molecule has 1 atom stereocenters. The lowest BCUT2D eigenvalue weighted by molar-refractivity contribution is -0.144. The van der Waals surface area contributed by atoms with Gasteiger partial charge in [-0.1, -0.05) is 0 Å². The number of hydrogen-bond acceptors (Lipinski definition) is 4. The third-order valence-corrected chi connectivity index (χ3v) is 1.75. The molecule has 0 aliphatic heterocycles. The summed E-state index contributed by atoms with van der Waals surface area (Å²) in [5.74, 6) is -1.31. The number of amides is 2. The maximum atomic E-state index is 10.7. The van der Waals surface area contributed by atoms with Crippen molar-refractivity contribution in [2.45, 2.75) is 24.9 Å². The van der Waals surface area contributed by atoms with E-state index in [0.29, 0.717) is 19.4 Å². The predicted octanol–water partition coefficient (Wildman–Crippen LogP) is -1.48. The molecule has 0 aromatic heterocycles. The molecule has 14 heavy (non-hydrogen) atoms. The zero-order chi connectivity index (χ0) is 11.2. The minimum Gasteiger partial charge on any atom is -0.478 e. The van der Waals surface area contributed by atoms with E-state index >= 15 is 0 Å². The number of carbonyl (C=O) groups excluding carboxylic acids is 1. The molecule has 0 aromatic carbocycles. The van der Waals surface area contributed by atoms with Crippen LogP contribution in [0.5, 0.6) is 0 Å². The second kappa shape index (κ2) is 5.40. The molecule has 0 rings (SSSR count). The Hall–Kier alpha value is -1.34. The molecule has 0 saturated heterocycles. The lowest BCUT2D eigenvalue weighted by atomic mass is 10.0. The molecule has 0 unspecified atom stereocenters. The van der Waals surface area contributed by atoms with Crippen LogP contribution in [0.4, 0.5) is 4.79 Å². The predicted molar refractivity (Wildman–Crippen MR) is 50.2 cm³/mol. The Labute approximate surface area is 81.6 Å². The monoisotopic (exact) mass is 204 g/mol. The van der Waals surface area contributed by atoms with E-state index in [4.69, 9.17) is 22.3 Å². The molecule has 0 spiro atoms. The van der Waals surface area contributed by atoms with Crippen LogP contribution in [-0.4, -0.2) is 29.3 Å². The van der Waals surface area contributed by atoms with Crippen molar-refractivity contribution in [3.05, 3.63) is 0 Å². The van der Waals surface area contributed by atoms with Crippen LogP contribution in [0.3, 0.4) is 0 Å². The summed E-state index contributed by atoms with van der Waals surface area (Å²) in [5, 5.41) is 10.7. The van der Waals surface area contributed by atoms with Crippen LogP contribution in [0.15, 0.2) is 0 Å². The van der Waals surface area contributed by atoms with E-state index in [1.54, 1.807) is 0 Å². The van der Waals surface area contributed by atoms with Gasteiger partial charge in [0, 0.05) is 0 Å². The minimum absolute atomic E-state index is 0.0997. The summed E-state index contributed by atoms with van der Waals surface area (Å²) in [7, 11) is 0. The topological polar surface area (TPSA) is 144 Å². The Morgan fingerprint density at radius 1 is 1.36 bits per heavy atom. The minimum atomic E-state index is -1.79. The van der Waals surface area contributed by atoms with Crippen LogP contribution in [0.1, 0.15) is 19.3 Å². The standard InChI is InChI=1S/C7H16N4O3/c8-4-2-1-3-7(10,5(12)13)11-6(9)14/h1-4,8,10H2,(H,12,13)(H3,9,11,14)/t7-/m0/s1. The molecule has 82 valence electrons. The molecule has 7 heteroatoms. The summed E-state index contributed by atoms with van der Waals surface area (Å²) in [4.78, 5) is 21.2. The van der Waals surface area contributed by atoms with E-state index in [0.717, 1.165) is 0 Å². The summed E-state index contributed by atoms with van der Waals surface area (Å²) in [6.45, 7) is 0.451. The average Bonchev–Trinajstić information content (AvgIpc) is 2.03. The van der Waals surface area contributed by atoms with E-state index < -0.39 is 17.7 Å². The van der Waals surface area contributed by atoms with Crippen LogP contribution in [0.25, 0.3) is 0 Å². The molecule has 8 N–H and O–H groups in total. The number of primary amides is 1. The molecule has 2 amide bonds. The number of nitrogens with one attached hydrogen (secondary N) is 1. The number of aliphatic carboxylic acids is 1. The number of nitrogens with two attached hydrogens (primary N) is 3. The van der Waals surface area contributed by atoms with Crippen molar-refractivity contribution in [1.82, 2.24) is 5.32 Å². The number of urea groups is 1. The second-order valence-electron chi connectivity index (χ2n) is 3.01. The van der Waals surface area contributed by atoms with Gasteiger partial charge in [-0.05, 0) is 25.8 Å². The third-order valence-electron chi connectivity index (χ3n) is 1.75. The van der Waals surface area contributed by atoms with E-state index in [-0.39, 0.29) is 6.42 Å². The molecule has 0 saturated carbocycles. The van der Waals surface area contributed by atoms with Crippen LogP contribution in [0.2, 0.25) is 0 Å². The fraction of sp³-hybridized carbons (Fsp3) is 0.714. The number of unbranched alkanes of at least 4 members (excludes halogenated alkanes) is 1. The maximum Gasteiger partial charge on any atom is 0.344 e. The molecule has 0 bridgehead atoms. The van der Waals surface area contributed by atoms with Gasteiger partial charge in [0.15, 0.2) is 5.66 Å². The van der Waals surface area contributed by atoms with Gasteiger partial charge in [-0.15, -0.1) is 0 Å². The molecule has 0 heterocycles. The van der Waals surface area contributed by atoms with E-state index in [1.807, 2.05) is 5.32 Å². The second-order valence-corrected chi connectivity index (χ2v) is 3.01. The van der Waals surface area contributed by atoms with Crippen molar-refractivity contribution in [2.75, 3.05) is 6.54 Å². The van der Waals surface area contributed by atoms with Crippen molar-refractivity contribution >= 4 is 12.0 Å². The first kappa shape index (κ1) is 12.7. The smallest absolute Gasteiger partial charge is 0.344 e. The lowest BCUT2D eigenvalue weighted by Crippen LogP contribution is -2.62. The number of rotatable bonds is 6. The molecule has 0 aliphatic carbocycles. The van der Waals surface area contributed by atoms with E-state index in [1.165, 1.54) is 0 Å². The van der Waals surface area contributed by atoms with Gasteiger partial charge in [0.25, 0.3) is 0 Å². The quantitative estimate of drug-likeness (QED) is 0.265. The third kappa shape index (κ3) is 4.06. The Morgan fingerprint density at radius 2 is 1.93 bits per heavy atom. The summed E-state index contributed by atoms with van der Waals surface area (Å²) in [6.07, 6.45) is 1.26. The van der Waals surface area contributed by atoms with Gasteiger partial charge in [-0.25, -0.2) is 9.59 Å². The highest BCUT2D eigenvalue weighted by Gasteiger charge is 2.34. The maximum absolute atomic E-state index is 10.7. The SMILES string of the molecule is NCCCC[C@](N)(NC(N)=O)C(=O)O. The van der Waals surface area contributed by atoms with E-state index in [9.17, 15) is 9.59 Å². The number of carboxylic acid groups (broad SMARTS) is 1. The van der Waals surface area contributed by atoms with Crippen molar-refractivity contribution in [1.29, 1.82) is 0 Å². The summed E-state index contributed by atoms with van der Waals surface area (Å²) in [5.41, 5.74) is 13.7. The van der Waals surface area contributed by atoms with Gasteiger partial charge in [-0.3, -0.25) is 5.73 Å². The van der Waals surface area contributed by atoms with Crippen molar-refractivity contribution in [3.63, 3.8) is 0 Å².